The number of benzene rings is 1. The van der Waals surface area contributed by atoms with Crippen molar-refractivity contribution >= 4 is 5.91 Å². The topological polar surface area (TPSA) is 43.8 Å². The van der Waals surface area contributed by atoms with Gasteiger partial charge in [0.25, 0.3) is 0 Å². The smallest absolute Gasteiger partial charge is 0.401 e. The molecule has 0 aliphatic carbocycles. The molecule has 0 radical (unpaired) electrons. The number of hydrogen-bond donors (Lipinski definition) is 1. The minimum absolute atomic E-state index is 0.0310. The third-order valence-corrected chi connectivity index (χ3v) is 5.76. The van der Waals surface area contributed by atoms with Crippen LogP contribution in [-0.4, -0.2) is 59.7 Å². The van der Waals surface area contributed by atoms with Crippen LogP contribution in [0.3, 0.4) is 0 Å². The van der Waals surface area contributed by atoms with E-state index < -0.39 is 12.7 Å². The number of phenolic OH excluding ortho intramolecular Hbond substituents is 1. The van der Waals surface area contributed by atoms with E-state index in [0.29, 0.717) is 44.6 Å². The zero-order valence-electron chi connectivity index (χ0n) is 19.7. The molecule has 7 heteroatoms. The lowest BCUT2D eigenvalue weighted by Gasteiger charge is -2.28. The van der Waals surface area contributed by atoms with Crippen molar-refractivity contribution in [2.75, 3.05) is 32.7 Å². The van der Waals surface area contributed by atoms with Crippen molar-refractivity contribution in [1.29, 1.82) is 0 Å². The summed E-state index contributed by atoms with van der Waals surface area (Å²) in [5.41, 5.74) is 2.24. The molecule has 1 fully saturated rings. The van der Waals surface area contributed by atoms with Gasteiger partial charge in [-0.2, -0.15) is 13.2 Å². The van der Waals surface area contributed by atoms with Gasteiger partial charge in [0, 0.05) is 32.6 Å². The second-order valence-electron chi connectivity index (χ2n) is 10.7. The molecule has 0 spiro atoms. The number of amides is 1. The van der Waals surface area contributed by atoms with Crippen LogP contribution < -0.4 is 0 Å². The quantitative estimate of drug-likeness (QED) is 0.712. The van der Waals surface area contributed by atoms with E-state index in [1.54, 1.807) is 4.90 Å². The van der Waals surface area contributed by atoms with E-state index >= 15 is 0 Å². The standard InChI is InChI=1S/C24H37F3N2O2/c1-22(2,3)18-14-17(15-19(21(18)31)23(4,5)6)8-9-20(30)29-11-7-10-28(12-13-29)16-24(25,26)27/h14-15,31H,7-13,16H2,1-6H3. The molecule has 1 N–H and O–H groups in total. The molecule has 1 aliphatic heterocycles. The second-order valence-corrected chi connectivity index (χ2v) is 10.7. The Labute approximate surface area is 184 Å². The van der Waals surface area contributed by atoms with Crippen LogP contribution in [0.4, 0.5) is 13.2 Å². The molecule has 0 unspecified atom stereocenters. The van der Waals surface area contributed by atoms with Crippen LogP contribution in [0.5, 0.6) is 5.75 Å². The molecule has 1 heterocycles. The van der Waals surface area contributed by atoms with E-state index in [1.807, 2.05) is 53.7 Å². The fourth-order valence-electron chi connectivity index (χ4n) is 4.02. The molecule has 1 aliphatic rings. The summed E-state index contributed by atoms with van der Waals surface area (Å²) >= 11 is 0. The average Bonchev–Trinajstić information content (AvgIpc) is 2.82. The fourth-order valence-corrected chi connectivity index (χ4v) is 4.02. The molecule has 31 heavy (non-hydrogen) atoms. The summed E-state index contributed by atoms with van der Waals surface area (Å²) in [6.07, 6.45) is -2.83. The molecular formula is C24H37F3N2O2. The zero-order valence-corrected chi connectivity index (χ0v) is 19.7. The Hall–Kier alpha value is -1.76. The lowest BCUT2D eigenvalue weighted by molar-refractivity contribution is -0.145. The number of alkyl halides is 3. The van der Waals surface area contributed by atoms with Crippen LogP contribution in [0.25, 0.3) is 0 Å². The Morgan fingerprint density at radius 2 is 1.48 bits per heavy atom. The zero-order chi connectivity index (χ0) is 23.6. The van der Waals surface area contributed by atoms with E-state index in [0.717, 1.165) is 16.7 Å². The molecule has 0 saturated carbocycles. The predicted octanol–water partition coefficient (Wildman–Crippen LogP) is 5.02. The van der Waals surface area contributed by atoms with E-state index in [1.165, 1.54) is 4.90 Å². The summed E-state index contributed by atoms with van der Waals surface area (Å²) in [5.74, 6) is 0.281. The molecule has 2 rings (SSSR count). The van der Waals surface area contributed by atoms with Crippen LogP contribution in [0, 0.1) is 0 Å². The fraction of sp³-hybridized carbons (Fsp3) is 0.708. The highest BCUT2D eigenvalue weighted by molar-refractivity contribution is 5.76. The summed E-state index contributed by atoms with van der Waals surface area (Å²) in [6.45, 7) is 12.8. The van der Waals surface area contributed by atoms with Gasteiger partial charge in [-0.1, -0.05) is 53.7 Å². The van der Waals surface area contributed by atoms with Crippen LogP contribution in [-0.2, 0) is 22.0 Å². The lowest BCUT2D eigenvalue weighted by Crippen LogP contribution is -2.38. The average molecular weight is 443 g/mol. The predicted molar refractivity (Wildman–Crippen MR) is 118 cm³/mol. The molecule has 0 bridgehead atoms. The highest BCUT2D eigenvalue weighted by Gasteiger charge is 2.32. The summed E-state index contributed by atoms with van der Waals surface area (Å²) in [5, 5.41) is 10.8. The van der Waals surface area contributed by atoms with E-state index in [4.69, 9.17) is 0 Å². The van der Waals surface area contributed by atoms with Gasteiger partial charge in [-0.15, -0.1) is 0 Å². The van der Waals surface area contributed by atoms with Gasteiger partial charge in [-0.25, -0.2) is 0 Å². The molecule has 1 amide bonds. The number of carbonyl (C=O) groups excluding carboxylic acids is 1. The Morgan fingerprint density at radius 3 is 1.97 bits per heavy atom. The van der Waals surface area contributed by atoms with Gasteiger partial charge in [-0.3, -0.25) is 9.69 Å². The van der Waals surface area contributed by atoms with Crippen LogP contribution in [0.1, 0.15) is 71.1 Å². The summed E-state index contributed by atoms with van der Waals surface area (Å²) in [4.78, 5) is 15.8. The maximum atomic E-state index is 12.8. The minimum Gasteiger partial charge on any atom is -0.507 e. The largest absolute Gasteiger partial charge is 0.507 e. The van der Waals surface area contributed by atoms with Crippen molar-refractivity contribution in [2.45, 2.75) is 77.8 Å². The molecule has 0 aromatic heterocycles. The maximum absolute atomic E-state index is 12.8. The number of aryl methyl sites for hydroxylation is 1. The summed E-state index contributed by atoms with van der Waals surface area (Å²) in [7, 11) is 0. The monoisotopic (exact) mass is 442 g/mol. The highest BCUT2D eigenvalue weighted by atomic mass is 19.4. The number of halogens is 3. The van der Waals surface area contributed by atoms with Crippen molar-refractivity contribution in [2.24, 2.45) is 0 Å². The summed E-state index contributed by atoms with van der Waals surface area (Å²) in [6, 6.07) is 3.96. The molecule has 4 nitrogen and oxygen atoms in total. The van der Waals surface area contributed by atoms with Gasteiger partial charge in [0.2, 0.25) is 5.91 Å². The highest BCUT2D eigenvalue weighted by Crippen LogP contribution is 2.40. The first-order valence-electron chi connectivity index (χ1n) is 11.0. The number of phenols is 1. The molecule has 176 valence electrons. The van der Waals surface area contributed by atoms with Crippen LogP contribution in [0.15, 0.2) is 12.1 Å². The number of hydrogen-bond acceptors (Lipinski definition) is 3. The Morgan fingerprint density at radius 1 is 0.935 bits per heavy atom. The molecule has 1 aromatic rings. The van der Waals surface area contributed by atoms with Gasteiger partial charge in [0.15, 0.2) is 0 Å². The number of nitrogens with zero attached hydrogens (tertiary/aromatic N) is 2. The van der Waals surface area contributed by atoms with Crippen molar-refractivity contribution in [3.8, 4) is 5.75 Å². The van der Waals surface area contributed by atoms with Gasteiger partial charge in [0.1, 0.15) is 5.75 Å². The number of rotatable bonds is 4. The van der Waals surface area contributed by atoms with E-state index in [9.17, 15) is 23.1 Å². The van der Waals surface area contributed by atoms with Crippen molar-refractivity contribution in [1.82, 2.24) is 9.80 Å². The normalized spacial score (nSPS) is 17.0. The second kappa shape index (κ2) is 9.39. The van der Waals surface area contributed by atoms with Crippen molar-refractivity contribution in [3.63, 3.8) is 0 Å². The lowest BCUT2D eigenvalue weighted by atomic mass is 9.78. The van der Waals surface area contributed by atoms with Crippen molar-refractivity contribution in [3.05, 3.63) is 28.8 Å². The number of carbonyl (C=O) groups is 1. The van der Waals surface area contributed by atoms with E-state index in [2.05, 4.69) is 0 Å². The van der Waals surface area contributed by atoms with Gasteiger partial charge in [-0.05, 0) is 40.4 Å². The minimum atomic E-state index is -4.21. The molecule has 1 saturated heterocycles. The first-order chi connectivity index (χ1) is 14.1. The van der Waals surface area contributed by atoms with Crippen LogP contribution >= 0.6 is 0 Å². The van der Waals surface area contributed by atoms with Gasteiger partial charge in [0.05, 0.1) is 6.54 Å². The first-order valence-corrected chi connectivity index (χ1v) is 11.0. The van der Waals surface area contributed by atoms with Gasteiger partial charge >= 0.3 is 6.18 Å². The third-order valence-electron chi connectivity index (χ3n) is 5.76. The number of aromatic hydroxyl groups is 1. The summed E-state index contributed by atoms with van der Waals surface area (Å²) < 4.78 is 38.0. The third kappa shape index (κ3) is 7.41. The first kappa shape index (κ1) is 25.5. The van der Waals surface area contributed by atoms with Crippen molar-refractivity contribution < 1.29 is 23.1 Å². The molecular weight excluding hydrogens is 405 g/mol. The Bertz CT molecular complexity index is 741. The Kier molecular flexibility index (Phi) is 7.72. The molecule has 0 atom stereocenters. The van der Waals surface area contributed by atoms with Crippen LogP contribution in [0.2, 0.25) is 0 Å². The Balaban J connectivity index is 2.09. The molecule has 1 aromatic carbocycles. The van der Waals surface area contributed by atoms with E-state index in [-0.39, 0.29) is 23.3 Å². The maximum Gasteiger partial charge on any atom is 0.401 e. The SMILES string of the molecule is CC(C)(C)c1cc(CCC(=O)N2CCCN(CC(F)(F)F)CC2)cc(C(C)(C)C)c1O. The van der Waals surface area contributed by atoms with Gasteiger partial charge < -0.3 is 10.0 Å².